The predicted octanol–water partition coefficient (Wildman–Crippen LogP) is 1.33. The average molecular weight is 224 g/mol. The summed E-state index contributed by atoms with van der Waals surface area (Å²) in [6, 6.07) is 2.09. The van der Waals surface area contributed by atoms with Gasteiger partial charge in [0.05, 0.1) is 6.61 Å². The van der Waals surface area contributed by atoms with Gasteiger partial charge in [-0.05, 0) is 33.7 Å². The molecular formula is C11H20N4O. The van der Waals surface area contributed by atoms with Gasteiger partial charge in [-0.2, -0.15) is 4.98 Å². The predicted molar refractivity (Wildman–Crippen MR) is 64.7 cm³/mol. The zero-order valence-electron chi connectivity index (χ0n) is 10.2. The van der Waals surface area contributed by atoms with Gasteiger partial charge >= 0.3 is 0 Å². The lowest BCUT2D eigenvalue weighted by Gasteiger charge is -2.13. The molecule has 0 amide bonds. The molecule has 1 rings (SSSR count). The second-order valence-corrected chi connectivity index (χ2v) is 3.73. The van der Waals surface area contributed by atoms with Gasteiger partial charge in [0, 0.05) is 17.8 Å². The molecule has 0 saturated heterocycles. The van der Waals surface area contributed by atoms with Gasteiger partial charge in [0.25, 0.3) is 0 Å². The van der Waals surface area contributed by atoms with Crippen molar-refractivity contribution in [3.05, 3.63) is 11.8 Å². The van der Waals surface area contributed by atoms with Crippen LogP contribution in [-0.2, 0) is 0 Å². The summed E-state index contributed by atoms with van der Waals surface area (Å²) in [6.07, 6.45) is 0.890. The lowest BCUT2D eigenvalue weighted by molar-refractivity contribution is 0.326. The number of aryl methyl sites for hydroxylation is 1. The van der Waals surface area contributed by atoms with Gasteiger partial charge in [-0.1, -0.05) is 0 Å². The molecule has 5 nitrogen and oxygen atoms in total. The third-order valence-corrected chi connectivity index (χ3v) is 2.10. The number of hydrogen-bond acceptors (Lipinski definition) is 5. The van der Waals surface area contributed by atoms with Crippen molar-refractivity contribution in [2.24, 2.45) is 5.73 Å². The molecule has 1 aromatic rings. The van der Waals surface area contributed by atoms with E-state index in [0.29, 0.717) is 25.0 Å². The molecule has 0 bridgehead atoms. The monoisotopic (exact) mass is 224 g/mol. The smallest absolute Gasteiger partial charge is 0.226 e. The first-order chi connectivity index (χ1) is 7.65. The summed E-state index contributed by atoms with van der Waals surface area (Å²) in [5, 5.41) is 3.20. The fourth-order valence-corrected chi connectivity index (χ4v) is 1.37. The van der Waals surface area contributed by atoms with Crippen molar-refractivity contribution in [3.63, 3.8) is 0 Å². The molecule has 1 aromatic heterocycles. The fraction of sp³-hybridized carbons (Fsp3) is 0.636. The van der Waals surface area contributed by atoms with E-state index in [0.717, 1.165) is 12.1 Å². The van der Waals surface area contributed by atoms with E-state index in [-0.39, 0.29) is 6.04 Å². The Bertz CT molecular complexity index is 330. The van der Waals surface area contributed by atoms with Gasteiger partial charge < -0.3 is 15.8 Å². The highest BCUT2D eigenvalue weighted by atomic mass is 16.5. The lowest BCUT2D eigenvalue weighted by Crippen LogP contribution is -2.21. The highest BCUT2D eigenvalue weighted by Crippen LogP contribution is 2.12. The van der Waals surface area contributed by atoms with Crippen LogP contribution in [0.15, 0.2) is 6.07 Å². The van der Waals surface area contributed by atoms with E-state index in [4.69, 9.17) is 10.5 Å². The number of rotatable bonds is 6. The highest BCUT2D eigenvalue weighted by molar-refractivity contribution is 5.31. The summed E-state index contributed by atoms with van der Waals surface area (Å²) < 4.78 is 5.35. The van der Waals surface area contributed by atoms with Crippen LogP contribution in [0.25, 0.3) is 0 Å². The Hall–Kier alpha value is -1.36. The first-order valence-electron chi connectivity index (χ1n) is 5.60. The van der Waals surface area contributed by atoms with Crippen molar-refractivity contribution >= 4 is 5.95 Å². The molecule has 1 unspecified atom stereocenters. The Kier molecular flexibility index (Phi) is 4.98. The Morgan fingerprint density at radius 3 is 2.88 bits per heavy atom. The molecule has 1 atom stereocenters. The van der Waals surface area contributed by atoms with Crippen LogP contribution in [-0.4, -0.2) is 29.2 Å². The SMILES string of the molecule is CCOc1cc(C)nc(NC(C)CCN)n1. The van der Waals surface area contributed by atoms with Crippen molar-refractivity contribution < 1.29 is 4.74 Å². The maximum atomic E-state index is 5.49. The quantitative estimate of drug-likeness (QED) is 0.762. The Morgan fingerprint density at radius 1 is 1.50 bits per heavy atom. The summed E-state index contributed by atoms with van der Waals surface area (Å²) in [5.41, 5.74) is 6.37. The molecule has 0 aliphatic rings. The average Bonchev–Trinajstić information content (AvgIpc) is 2.17. The third kappa shape index (κ3) is 4.02. The van der Waals surface area contributed by atoms with Gasteiger partial charge in [0.2, 0.25) is 11.8 Å². The maximum Gasteiger partial charge on any atom is 0.226 e. The van der Waals surface area contributed by atoms with E-state index in [2.05, 4.69) is 22.2 Å². The number of hydrogen-bond donors (Lipinski definition) is 2. The second kappa shape index (κ2) is 6.27. The summed E-state index contributed by atoms with van der Waals surface area (Å²) in [6.45, 7) is 7.16. The van der Waals surface area contributed by atoms with Crippen LogP contribution in [0.2, 0.25) is 0 Å². The van der Waals surface area contributed by atoms with Crippen molar-refractivity contribution in [1.29, 1.82) is 0 Å². The summed E-state index contributed by atoms with van der Waals surface area (Å²) >= 11 is 0. The van der Waals surface area contributed by atoms with E-state index in [1.54, 1.807) is 0 Å². The number of nitrogens with zero attached hydrogens (tertiary/aromatic N) is 2. The molecule has 0 radical (unpaired) electrons. The molecule has 0 aromatic carbocycles. The van der Waals surface area contributed by atoms with E-state index < -0.39 is 0 Å². The summed E-state index contributed by atoms with van der Waals surface area (Å²) in [4.78, 5) is 8.56. The van der Waals surface area contributed by atoms with Crippen molar-refractivity contribution in [2.75, 3.05) is 18.5 Å². The van der Waals surface area contributed by atoms with Crippen molar-refractivity contribution in [3.8, 4) is 5.88 Å². The largest absolute Gasteiger partial charge is 0.478 e. The van der Waals surface area contributed by atoms with Crippen LogP contribution in [0.1, 0.15) is 26.0 Å². The number of nitrogens with one attached hydrogen (secondary N) is 1. The maximum absolute atomic E-state index is 5.49. The van der Waals surface area contributed by atoms with Gasteiger partial charge in [-0.3, -0.25) is 0 Å². The first-order valence-corrected chi connectivity index (χ1v) is 5.60. The Labute approximate surface area is 96.4 Å². The molecule has 90 valence electrons. The van der Waals surface area contributed by atoms with Gasteiger partial charge in [-0.25, -0.2) is 4.98 Å². The topological polar surface area (TPSA) is 73.1 Å². The normalized spacial score (nSPS) is 12.2. The van der Waals surface area contributed by atoms with Crippen LogP contribution in [0.5, 0.6) is 5.88 Å². The molecule has 0 fully saturated rings. The van der Waals surface area contributed by atoms with Crippen molar-refractivity contribution in [2.45, 2.75) is 33.2 Å². The Balaban J connectivity index is 2.71. The van der Waals surface area contributed by atoms with E-state index in [1.807, 2.05) is 19.9 Å². The van der Waals surface area contributed by atoms with Crippen LogP contribution in [0.3, 0.4) is 0 Å². The minimum Gasteiger partial charge on any atom is -0.478 e. The van der Waals surface area contributed by atoms with Gasteiger partial charge in [0.15, 0.2) is 0 Å². The lowest BCUT2D eigenvalue weighted by atomic mass is 10.2. The molecule has 0 aliphatic heterocycles. The fourth-order valence-electron chi connectivity index (χ4n) is 1.37. The van der Waals surface area contributed by atoms with Crippen LogP contribution >= 0.6 is 0 Å². The molecule has 0 aliphatic carbocycles. The zero-order valence-corrected chi connectivity index (χ0v) is 10.2. The van der Waals surface area contributed by atoms with E-state index in [9.17, 15) is 0 Å². The molecule has 16 heavy (non-hydrogen) atoms. The van der Waals surface area contributed by atoms with Crippen LogP contribution < -0.4 is 15.8 Å². The van der Waals surface area contributed by atoms with E-state index >= 15 is 0 Å². The first kappa shape index (κ1) is 12.7. The minimum absolute atomic E-state index is 0.265. The van der Waals surface area contributed by atoms with Gasteiger partial charge in [0.1, 0.15) is 0 Å². The molecule has 5 heteroatoms. The second-order valence-electron chi connectivity index (χ2n) is 3.73. The minimum atomic E-state index is 0.265. The number of anilines is 1. The summed E-state index contributed by atoms with van der Waals surface area (Å²) in [7, 11) is 0. The highest BCUT2D eigenvalue weighted by Gasteiger charge is 2.06. The molecule has 0 spiro atoms. The van der Waals surface area contributed by atoms with Crippen LogP contribution in [0, 0.1) is 6.92 Å². The molecule has 0 saturated carbocycles. The van der Waals surface area contributed by atoms with Gasteiger partial charge in [-0.15, -0.1) is 0 Å². The number of nitrogens with two attached hydrogens (primary N) is 1. The van der Waals surface area contributed by atoms with Crippen molar-refractivity contribution in [1.82, 2.24) is 9.97 Å². The number of ether oxygens (including phenoxy) is 1. The van der Waals surface area contributed by atoms with Crippen LogP contribution in [0.4, 0.5) is 5.95 Å². The molecular weight excluding hydrogens is 204 g/mol. The van der Waals surface area contributed by atoms with E-state index in [1.165, 1.54) is 0 Å². The standard InChI is InChI=1S/C11H20N4O/c1-4-16-10-7-9(3)14-11(15-10)13-8(2)5-6-12/h7-8H,4-6,12H2,1-3H3,(H,13,14,15). The third-order valence-electron chi connectivity index (χ3n) is 2.10. The summed E-state index contributed by atoms with van der Waals surface area (Å²) in [5.74, 6) is 1.21. The Morgan fingerprint density at radius 2 is 2.25 bits per heavy atom. The number of aromatic nitrogens is 2. The molecule has 1 heterocycles. The zero-order chi connectivity index (χ0) is 12.0. The molecule has 3 N–H and O–H groups in total.